The first-order chi connectivity index (χ1) is 14.0. The number of nitrogens with zero attached hydrogens (tertiary/aromatic N) is 1. The van der Waals surface area contributed by atoms with Crippen LogP contribution in [-0.2, 0) is 14.3 Å². The average molecular weight is 404 g/mol. The number of carbonyl (C=O) groups excluding carboxylic acids is 2. The number of fused-ring (bicyclic) bond motifs is 3. The van der Waals surface area contributed by atoms with Gasteiger partial charge in [-0.2, -0.15) is 0 Å². The summed E-state index contributed by atoms with van der Waals surface area (Å²) in [4.78, 5) is 27.0. The maximum Gasteiger partial charge on any atom is 0.247 e. The van der Waals surface area contributed by atoms with Crippen LogP contribution in [0.5, 0.6) is 5.75 Å². The molecule has 1 heterocycles. The minimum absolute atomic E-state index is 0.116. The van der Waals surface area contributed by atoms with Gasteiger partial charge in [-0.15, -0.1) is 0 Å². The highest BCUT2D eigenvalue weighted by molar-refractivity contribution is 5.96. The van der Waals surface area contributed by atoms with Gasteiger partial charge < -0.3 is 29.9 Å². The molecule has 0 fully saturated rings. The monoisotopic (exact) mass is 404 g/mol. The van der Waals surface area contributed by atoms with Crippen LogP contribution in [0.3, 0.4) is 0 Å². The van der Waals surface area contributed by atoms with Gasteiger partial charge in [0.1, 0.15) is 18.0 Å². The van der Waals surface area contributed by atoms with E-state index in [-0.39, 0.29) is 37.9 Å². The van der Waals surface area contributed by atoms with E-state index < -0.39 is 24.2 Å². The predicted octanol–water partition coefficient (Wildman–Crippen LogP) is 0.194. The lowest BCUT2D eigenvalue weighted by Crippen LogP contribution is -2.56. The topological polar surface area (TPSA) is 108 Å². The number of para-hydroxylation sites is 1. The number of ether oxygens (including phenoxy) is 2. The van der Waals surface area contributed by atoms with E-state index in [2.05, 4.69) is 5.32 Å². The third-order valence-corrected chi connectivity index (χ3v) is 5.40. The molecule has 1 aromatic rings. The van der Waals surface area contributed by atoms with Gasteiger partial charge in [-0.25, -0.2) is 0 Å². The van der Waals surface area contributed by atoms with Crippen LogP contribution in [0.2, 0.25) is 0 Å². The molecule has 4 atom stereocenters. The van der Waals surface area contributed by atoms with Gasteiger partial charge in [0.15, 0.2) is 0 Å². The molecule has 8 heteroatoms. The fraction of sp³-hybridized carbons (Fsp3) is 0.524. The molecular formula is C21H28N2O6. The Labute approximate surface area is 170 Å². The second kappa shape index (κ2) is 9.39. The lowest BCUT2D eigenvalue weighted by molar-refractivity contribution is -0.137. The van der Waals surface area contributed by atoms with Gasteiger partial charge in [0.2, 0.25) is 11.8 Å². The molecule has 3 rings (SSSR count). The fourth-order valence-electron chi connectivity index (χ4n) is 4.02. The van der Waals surface area contributed by atoms with Crippen LogP contribution in [0.4, 0.5) is 0 Å². The third-order valence-electron chi connectivity index (χ3n) is 5.40. The van der Waals surface area contributed by atoms with Gasteiger partial charge in [-0.05, 0) is 12.1 Å². The summed E-state index contributed by atoms with van der Waals surface area (Å²) in [5.74, 6) is -0.321. The van der Waals surface area contributed by atoms with Crippen molar-refractivity contribution in [2.45, 2.75) is 37.5 Å². The van der Waals surface area contributed by atoms with Crippen molar-refractivity contribution in [3.8, 4) is 5.75 Å². The highest BCUT2D eigenvalue weighted by Crippen LogP contribution is 2.47. The average Bonchev–Trinajstić information content (AvgIpc) is 3.13. The van der Waals surface area contributed by atoms with Crippen molar-refractivity contribution in [1.29, 1.82) is 0 Å². The van der Waals surface area contributed by atoms with Crippen molar-refractivity contribution in [3.63, 3.8) is 0 Å². The molecule has 4 unspecified atom stereocenters. The molecule has 1 aliphatic heterocycles. The number of methoxy groups -OCH3 is 1. The molecule has 1 aliphatic carbocycles. The summed E-state index contributed by atoms with van der Waals surface area (Å²) in [5.41, 5.74) is 1.25. The Bertz CT molecular complexity index is 780. The molecule has 0 radical (unpaired) electrons. The molecule has 2 aliphatic rings. The maximum absolute atomic E-state index is 12.9. The summed E-state index contributed by atoms with van der Waals surface area (Å²) < 4.78 is 11.1. The van der Waals surface area contributed by atoms with Crippen LogP contribution < -0.4 is 10.1 Å². The number of aliphatic hydroxyl groups is 2. The zero-order valence-corrected chi connectivity index (χ0v) is 16.7. The highest BCUT2D eigenvalue weighted by Gasteiger charge is 2.50. The van der Waals surface area contributed by atoms with Crippen molar-refractivity contribution in [3.05, 3.63) is 41.5 Å². The van der Waals surface area contributed by atoms with E-state index in [1.54, 1.807) is 26.2 Å². The number of hydrogen-bond acceptors (Lipinski definition) is 6. The van der Waals surface area contributed by atoms with E-state index in [0.29, 0.717) is 17.9 Å². The number of rotatable bonds is 8. The van der Waals surface area contributed by atoms with Crippen LogP contribution >= 0.6 is 0 Å². The van der Waals surface area contributed by atoms with Crippen LogP contribution in [0, 0.1) is 0 Å². The molecule has 2 amide bonds. The summed E-state index contributed by atoms with van der Waals surface area (Å²) in [7, 11) is 1.54. The van der Waals surface area contributed by atoms with Gasteiger partial charge in [-0.3, -0.25) is 9.59 Å². The van der Waals surface area contributed by atoms with E-state index in [4.69, 9.17) is 14.6 Å². The number of carbonyl (C=O) groups is 2. The molecule has 0 saturated carbocycles. The van der Waals surface area contributed by atoms with Gasteiger partial charge in [0.05, 0.1) is 25.2 Å². The first-order valence-corrected chi connectivity index (χ1v) is 9.86. The lowest BCUT2D eigenvalue weighted by atomic mass is 9.77. The Hall–Kier alpha value is -2.42. The molecule has 0 bridgehead atoms. The highest BCUT2D eigenvalue weighted by atomic mass is 16.5. The fourth-order valence-corrected chi connectivity index (χ4v) is 4.02. The standard InChI is InChI=1S/C21H28N2O6/c1-3-17(25)23(9-11-28-2)15-12-14(21(27)22-8-10-24)18-13-6-4-5-7-16(13)29-20(18)19(15)26/h4-7,12,15,18-20,24,26H,3,8-11H2,1-2H3,(H,22,27). The second-order valence-electron chi connectivity index (χ2n) is 7.11. The van der Waals surface area contributed by atoms with Crippen molar-refractivity contribution < 1.29 is 29.3 Å². The lowest BCUT2D eigenvalue weighted by Gasteiger charge is -2.40. The quantitative estimate of drug-likeness (QED) is 0.571. The Morgan fingerprint density at radius 1 is 1.31 bits per heavy atom. The first kappa shape index (κ1) is 21.3. The maximum atomic E-state index is 12.9. The van der Waals surface area contributed by atoms with E-state index >= 15 is 0 Å². The zero-order valence-electron chi connectivity index (χ0n) is 16.7. The van der Waals surface area contributed by atoms with E-state index in [1.165, 1.54) is 4.90 Å². The van der Waals surface area contributed by atoms with Crippen LogP contribution in [0.15, 0.2) is 35.9 Å². The smallest absolute Gasteiger partial charge is 0.247 e. The van der Waals surface area contributed by atoms with E-state index in [0.717, 1.165) is 5.56 Å². The third kappa shape index (κ3) is 4.14. The Balaban J connectivity index is 2.02. The zero-order chi connectivity index (χ0) is 21.0. The Morgan fingerprint density at radius 3 is 2.76 bits per heavy atom. The second-order valence-corrected chi connectivity index (χ2v) is 7.11. The number of nitrogens with one attached hydrogen (secondary N) is 1. The van der Waals surface area contributed by atoms with E-state index in [1.807, 2.05) is 18.2 Å². The molecule has 3 N–H and O–H groups in total. The van der Waals surface area contributed by atoms with Crippen molar-refractivity contribution >= 4 is 11.8 Å². The first-order valence-electron chi connectivity index (χ1n) is 9.86. The summed E-state index contributed by atoms with van der Waals surface area (Å²) in [6.07, 6.45) is 0.232. The Kier molecular flexibility index (Phi) is 6.89. The molecule has 1 aromatic carbocycles. The summed E-state index contributed by atoms with van der Waals surface area (Å²) in [6.45, 7) is 2.28. The van der Waals surface area contributed by atoms with Gasteiger partial charge in [0.25, 0.3) is 0 Å². The molecule has 8 nitrogen and oxygen atoms in total. The van der Waals surface area contributed by atoms with Crippen LogP contribution in [0.1, 0.15) is 24.8 Å². The van der Waals surface area contributed by atoms with Gasteiger partial charge >= 0.3 is 0 Å². The molecule has 158 valence electrons. The van der Waals surface area contributed by atoms with Gasteiger partial charge in [-0.1, -0.05) is 25.1 Å². The molecule has 29 heavy (non-hydrogen) atoms. The summed E-state index contributed by atoms with van der Waals surface area (Å²) in [5, 5.41) is 22.9. The van der Waals surface area contributed by atoms with Crippen molar-refractivity contribution in [2.24, 2.45) is 0 Å². The summed E-state index contributed by atoms with van der Waals surface area (Å²) >= 11 is 0. The molecule has 0 aromatic heterocycles. The normalized spacial score (nSPS) is 24.8. The Morgan fingerprint density at radius 2 is 2.07 bits per heavy atom. The largest absolute Gasteiger partial charge is 0.486 e. The molecule has 0 spiro atoms. The number of amides is 2. The molecule has 0 saturated heterocycles. The van der Waals surface area contributed by atoms with Crippen molar-refractivity contribution in [2.75, 3.05) is 33.4 Å². The molecular weight excluding hydrogens is 376 g/mol. The number of benzene rings is 1. The van der Waals surface area contributed by atoms with Crippen LogP contribution in [0.25, 0.3) is 0 Å². The van der Waals surface area contributed by atoms with E-state index in [9.17, 15) is 14.7 Å². The van der Waals surface area contributed by atoms with Crippen LogP contribution in [-0.4, -0.2) is 78.6 Å². The minimum atomic E-state index is -1.01. The summed E-state index contributed by atoms with van der Waals surface area (Å²) in [6, 6.07) is 6.65. The van der Waals surface area contributed by atoms with Gasteiger partial charge in [0, 0.05) is 37.8 Å². The number of hydrogen-bond donors (Lipinski definition) is 3. The van der Waals surface area contributed by atoms with Crippen molar-refractivity contribution in [1.82, 2.24) is 10.2 Å². The predicted molar refractivity (Wildman–Crippen MR) is 105 cm³/mol. The SMILES string of the molecule is CCC(=O)N(CCOC)C1C=C(C(=O)NCCO)C2c3ccccc3OC2C1O. The minimum Gasteiger partial charge on any atom is -0.486 e. The number of aliphatic hydroxyl groups excluding tert-OH is 2.